The largest absolute Gasteiger partial charge is 1.00 e. The van der Waals surface area contributed by atoms with E-state index in [9.17, 15) is 8.42 Å². The number of sulfonamides is 1. The van der Waals surface area contributed by atoms with Gasteiger partial charge in [0, 0.05) is 12.1 Å². The van der Waals surface area contributed by atoms with Crippen LogP contribution in [0.1, 0.15) is 69.1 Å². The standard InChI is InChI=1S/C18H23NO3S.C10H16N.HI/c1-4-15(3)16-7-11-18(12-8-16)23(20,21)19-13-22-17-9-5-14(2)6-10-17;1-4-9(2)10-5-7-11(3)8-6-10;/h5-12,15,19H,4,13H2,1-3H3;5-9H,4H2,1-3H3;1H/q;+1;/p-1. The molecule has 0 saturated heterocycles. The number of hydrogen-bond acceptors (Lipinski definition) is 3. The predicted molar refractivity (Wildman–Crippen MR) is 138 cm³/mol. The van der Waals surface area contributed by atoms with Crippen LogP contribution in [0.2, 0.25) is 0 Å². The van der Waals surface area contributed by atoms with E-state index in [1.807, 2.05) is 50.4 Å². The summed E-state index contributed by atoms with van der Waals surface area (Å²) in [6.45, 7) is 10.6. The second kappa shape index (κ2) is 15.2. The number of aromatic nitrogens is 1. The van der Waals surface area contributed by atoms with Crippen LogP contribution >= 0.6 is 0 Å². The summed E-state index contributed by atoms with van der Waals surface area (Å²) < 4.78 is 34.4. The second-order valence-corrected chi connectivity index (χ2v) is 10.5. The van der Waals surface area contributed by atoms with Gasteiger partial charge in [-0.2, -0.15) is 4.72 Å². The van der Waals surface area contributed by atoms with E-state index in [-0.39, 0.29) is 35.6 Å². The molecule has 1 heterocycles. The van der Waals surface area contributed by atoms with E-state index in [1.54, 1.807) is 12.1 Å². The number of nitrogens with one attached hydrogen (secondary N) is 1. The van der Waals surface area contributed by atoms with E-state index < -0.39 is 10.0 Å². The molecule has 2 atom stereocenters. The van der Waals surface area contributed by atoms with Gasteiger partial charge in [0.15, 0.2) is 19.1 Å². The maximum atomic E-state index is 12.2. The average molecular weight is 611 g/mol. The number of aryl methyl sites for hydroxylation is 2. The molecule has 1 N–H and O–H groups in total. The van der Waals surface area contributed by atoms with E-state index in [4.69, 9.17) is 4.74 Å². The Hall–Kier alpha value is -1.97. The number of benzene rings is 2. The summed E-state index contributed by atoms with van der Waals surface area (Å²) >= 11 is 0. The van der Waals surface area contributed by atoms with Crippen molar-refractivity contribution in [2.75, 3.05) is 6.73 Å². The summed E-state index contributed by atoms with van der Waals surface area (Å²) in [5.41, 5.74) is 3.70. The molecular formula is C28H39IN2O3S. The molecule has 0 aliphatic rings. The molecule has 192 valence electrons. The van der Waals surface area contributed by atoms with Gasteiger partial charge in [-0.3, -0.25) is 0 Å². The zero-order chi connectivity index (χ0) is 25.1. The third-order valence-corrected chi connectivity index (χ3v) is 7.46. The molecule has 0 amide bonds. The van der Waals surface area contributed by atoms with Gasteiger partial charge in [0.05, 0.1) is 4.90 Å². The molecule has 0 fully saturated rings. The molecule has 0 aliphatic heterocycles. The number of hydrogen-bond donors (Lipinski definition) is 1. The molecule has 3 rings (SSSR count). The van der Waals surface area contributed by atoms with Crippen molar-refractivity contribution in [3.8, 4) is 5.75 Å². The van der Waals surface area contributed by atoms with E-state index in [1.165, 1.54) is 12.0 Å². The van der Waals surface area contributed by atoms with Crippen LogP contribution in [-0.2, 0) is 17.1 Å². The van der Waals surface area contributed by atoms with E-state index in [0.29, 0.717) is 17.6 Å². The summed E-state index contributed by atoms with van der Waals surface area (Å²) in [5, 5.41) is 0. The van der Waals surface area contributed by atoms with Crippen molar-refractivity contribution < 1.29 is 41.7 Å². The minimum absolute atomic E-state index is 0. The van der Waals surface area contributed by atoms with Crippen molar-refractivity contribution in [3.05, 3.63) is 89.7 Å². The number of halogens is 1. The lowest BCUT2D eigenvalue weighted by Gasteiger charge is -2.11. The van der Waals surface area contributed by atoms with Gasteiger partial charge in [-0.1, -0.05) is 57.5 Å². The van der Waals surface area contributed by atoms with Crippen LogP contribution in [-0.4, -0.2) is 15.1 Å². The molecule has 2 aromatic carbocycles. The Morgan fingerprint density at radius 2 is 1.31 bits per heavy atom. The Balaban J connectivity index is 0.000000430. The number of ether oxygens (including phenoxy) is 1. The lowest BCUT2D eigenvalue weighted by atomic mass is 9.99. The Bertz CT molecular complexity index is 1100. The van der Waals surface area contributed by atoms with Crippen LogP contribution < -0.4 is 38.0 Å². The quantitative estimate of drug-likeness (QED) is 0.231. The molecule has 5 nitrogen and oxygen atoms in total. The first kappa shape index (κ1) is 31.1. The highest BCUT2D eigenvalue weighted by molar-refractivity contribution is 7.89. The highest BCUT2D eigenvalue weighted by atomic mass is 127. The lowest BCUT2D eigenvalue weighted by Crippen LogP contribution is -3.00. The Kier molecular flexibility index (Phi) is 13.5. The van der Waals surface area contributed by atoms with Crippen LogP contribution in [0.3, 0.4) is 0 Å². The summed E-state index contributed by atoms with van der Waals surface area (Å²) in [4.78, 5) is 0.247. The zero-order valence-electron chi connectivity index (χ0n) is 21.7. The summed E-state index contributed by atoms with van der Waals surface area (Å²) in [6.07, 6.45) is 6.44. The van der Waals surface area contributed by atoms with Crippen LogP contribution in [0.25, 0.3) is 0 Å². The molecule has 3 aromatic rings. The molecule has 7 heteroatoms. The van der Waals surface area contributed by atoms with Crippen molar-refractivity contribution in [2.45, 2.75) is 64.2 Å². The maximum absolute atomic E-state index is 12.2. The van der Waals surface area contributed by atoms with Crippen LogP contribution in [0.5, 0.6) is 5.75 Å². The minimum Gasteiger partial charge on any atom is -1.00 e. The first-order chi connectivity index (χ1) is 16.2. The normalized spacial score (nSPS) is 12.5. The highest BCUT2D eigenvalue weighted by Gasteiger charge is 2.14. The van der Waals surface area contributed by atoms with E-state index >= 15 is 0 Å². The Morgan fingerprint density at radius 1 is 0.829 bits per heavy atom. The van der Waals surface area contributed by atoms with Gasteiger partial charge in [0.25, 0.3) is 0 Å². The topological polar surface area (TPSA) is 59.3 Å². The molecule has 35 heavy (non-hydrogen) atoms. The van der Waals surface area contributed by atoms with Crippen LogP contribution in [0.15, 0.2) is 78.0 Å². The van der Waals surface area contributed by atoms with Gasteiger partial charge in [0.1, 0.15) is 12.8 Å². The fraction of sp³-hybridized carbons (Fsp3) is 0.393. The van der Waals surface area contributed by atoms with Crippen molar-refractivity contribution in [1.82, 2.24) is 4.72 Å². The third-order valence-electron chi connectivity index (χ3n) is 6.07. The van der Waals surface area contributed by atoms with Crippen molar-refractivity contribution in [2.24, 2.45) is 7.05 Å². The smallest absolute Gasteiger partial charge is 0.243 e. The van der Waals surface area contributed by atoms with Gasteiger partial charge >= 0.3 is 0 Å². The van der Waals surface area contributed by atoms with Gasteiger partial charge < -0.3 is 28.7 Å². The predicted octanol–water partition coefficient (Wildman–Crippen LogP) is 2.85. The fourth-order valence-electron chi connectivity index (χ4n) is 3.20. The molecular weight excluding hydrogens is 571 g/mol. The highest BCUT2D eigenvalue weighted by Crippen LogP contribution is 2.20. The summed E-state index contributed by atoms with van der Waals surface area (Å²) in [5.74, 6) is 1.74. The number of rotatable bonds is 9. The average Bonchev–Trinajstić information content (AvgIpc) is 2.85. The third kappa shape index (κ3) is 10.3. The van der Waals surface area contributed by atoms with Crippen LogP contribution in [0.4, 0.5) is 0 Å². The first-order valence-electron chi connectivity index (χ1n) is 11.9. The Labute approximate surface area is 229 Å². The summed E-state index contributed by atoms with van der Waals surface area (Å²) in [7, 11) is -1.52. The number of pyridine rings is 1. The molecule has 0 spiro atoms. The maximum Gasteiger partial charge on any atom is 0.243 e. The molecule has 0 bridgehead atoms. The van der Waals surface area contributed by atoms with Crippen molar-refractivity contribution in [3.63, 3.8) is 0 Å². The molecule has 0 radical (unpaired) electrons. The fourth-order valence-corrected chi connectivity index (χ4v) is 4.07. The minimum atomic E-state index is -3.56. The van der Waals surface area contributed by atoms with Crippen molar-refractivity contribution in [1.29, 1.82) is 0 Å². The zero-order valence-corrected chi connectivity index (χ0v) is 24.6. The molecule has 2 unspecified atom stereocenters. The Morgan fingerprint density at radius 3 is 1.80 bits per heavy atom. The second-order valence-electron chi connectivity index (χ2n) is 8.73. The number of nitrogens with zero attached hydrogens (tertiary/aromatic N) is 1. The van der Waals surface area contributed by atoms with Gasteiger partial charge in [-0.25, -0.2) is 13.0 Å². The van der Waals surface area contributed by atoms with Gasteiger partial charge in [-0.15, -0.1) is 0 Å². The lowest BCUT2D eigenvalue weighted by molar-refractivity contribution is -0.671. The molecule has 1 aromatic heterocycles. The van der Waals surface area contributed by atoms with E-state index in [2.05, 4.69) is 61.5 Å². The van der Waals surface area contributed by atoms with Gasteiger partial charge in [-0.05, 0) is 67.0 Å². The van der Waals surface area contributed by atoms with Crippen LogP contribution in [0, 0.1) is 6.92 Å². The van der Waals surface area contributed by atoms with Gasteiger partial charge in [0.2, 0.25) is 10.0 Å². The van der Waals surface area contributed by atoms with E-state index in [0.717, 1.165) is 17.5 Å². The van der Waals surface area contributed by atoms with Crippen molar-refractivity contribution >= 4 is 10.0 Å². The molecule has 0 aliphatic carbocycles. The molecule has 0 saturated carbocycles. The monoisotopic (exact) mass is 610 g/mol. The summed E-state index contributed by atoms with van der Waals surface area (Å²) in [6, 6.07) is 18.8. The first-order valence-corrected chi connectivity index (χ1v) is 13.4. The SMILES string of the molecule is CCC(C)c1cc[n+](C)cc1.CCC(C)c1ccc(S(=O)(=O)NCOc2ccc(C)cc2)cc1.[I-].